The van der Waals surface area contributed by atoms with E-state index in [1.54, 1.807) is 6.26 Å². The smallest absolute Gasteiger partial charge is 0.160 e. The molecule has 10 rings (SSSR count). The van der Waals surface area contributed by atoms with Crippen molar-refractivity contribution in [3.05, 3.63) is 180 Å². The highest BCUT2D eigenvalue weighted by atomic mass is 16.5. The Bertz CT molecular complexity index is 2440. The Balaban J connectivity index is 1.27. The molecule has 220 valence electrons. The first-order chi connectivity index (χ1) is 23.3. The molecular weight excluding hydrogens is 576 g/mol. The molecule has 0 amide bonds. The van der Waals surface area contributed by atoms with E-state index in [-0.39, 0.29) is 0 Å². The van der Waals surface area contributed by atoms with Crippen molar-refractivity contribution in [1.82, 2.24) is 9.97 Å². The van der Waals surface area contributed by atoms with Crippen LogP contribution >= 0.6 is 0 Å². The van der Waals surface area contributed by atoms with Gasteiger partial charge < -0.3 is 9.15 Å². The van der Waals surface area contributed by atoms with E-state index in [4.69, 9.17) is 19.1 Å². The van der Waals surface area contributed by atoms with Gasteiger partial charge in [-0.05, 0) is 64.7 Å². The molecule has 2 aliphatic rings. The lowest BCUT2D eigenvalue weighted by atomic mass is 9.65. The summed E-state index contributed by atoms with van der Waals surface area (Å²) in [6, 6.07) is 52.7. The zero-order chi connectivity index (χ0) is 31.0. The number of ether oxygens (including phenoxy) is 1. The number of hydrogen-bond donors (Lipinski definition) is 0. The Hall–Kier alpha value is -6.26. The summed E-state index contributed by atoms with van der Waals surface area (Å²) in [5.41, 5.74) is 12.1. The fourth-order valence-corrected chi connectivity index (χ4v) is 7.67. The molecule has 4 heteroatoms. The molecule has 1 spiro atoms. The maximum atomic E-state index is 6.69. The number of para-hydroxylation sites is 1. The van der Waals surface area contributed by atoms with Gasteiger partial charge in [0.1, 0.15) is 17.1 Å². The van der Waals surface area contributed by atoms with Crippen LogP contribution in [0, 0.1) is 0 Å². The molecule has 4 nitrogen and oxygen atoms in total. The first-order valence-corrected chi connectivity index (χ1v) is 15.8. The molecule has 6 aromatic carbocycles. The van der Waals surface area contributed by atoms with Crippen molar-refractivity contribution in [3.8, 4) is 56.5 Å². The van der Waals surface area contributed by atoms with Gasteiger partial charge in [0.05, 0.1) is 23.1 Å². The highest BCUT2D eigenvalue weighted by Crippen LogP contribution is 2.63. The van der Waals surface area contributed by atoms with Crippen LogP contribution in [0.3, 0.4) is 0 Å². The Morgan fingerprint density at radius 2 is 1.15 bits per heavy atom. The van der Waals surface area contributed by atoms with Gasteiger partial charge in [-0.15, -0.1) is 0 Å². The lowest BCUT2D eigenvalue weighted by Gasteiger charge is -2.39. The highest BCUT2D eigenvalue weighted by molar-refractivity contribution is 6.03. The molecule has 8 aromatic rings. The van der Waals surface area contributed by atoms with Gasteiger partial charge in [-0.2, -0.15) is 0 Å². The van der Waals surface area contributed by atoms with Gasteiger partial charge in [0.15, 0.2) is 5.82 Å². The molecule has 1 atom stereocenters. The average molecular weight is 603 g/mol. The lowest BCUT2D eigenvalue weighted by molar-refractivity contribution is 0.436. The molecule has 47 heavy (non-hydrogen) atoms. The molecule has 3 heterocycles. The number of hydrogen-bond acceptors (Lipinski definition) is 4. The highest BCUT2D eigenvalue weighted by Gasteiger charge is 2.51. The van der Waals surface area contributed by atoms with Gasteiger partial charge in [0.2, 0.25) is 0 Å². The molecule has 0 saturated carbocycles. The van der Waals surface area contributed by atoms with Gasteiger partial charge in [0, 0.05) is 33.2 Å². The van der Waals surface area contributed by atoms with Crippen LogP contribution in [0.1, 0.15) is 22.3 Å². The SMILES string of the molecule is c1ccc(-c2cc(-c3ccc4c(c3)C3(c5ccccc5O4)c4ccccc4-c4c3ccc3occc43)nc(-c3ccccc3)n2)cc1. The Morgan fingerprint density at radius 1 is 0.468 bits per heavy atom. The maximum Gasteiger partial charge on any atom is 0.160 e. The lowest BCUT2D eigenvalue weighted by Crippen LogP contribution is -2.32. The summed E-state index contributed by atoms with van der Waals surface area (Å²) in [4.78, 5) is 10.2. The van der Waals surface area contributed by atoms with Crippen LogP contribution in [0.25, 0.3) is 56.0 Å². The molecule has 0 radical (unpaired) electrons. The second-order valence-electron chi connectivity index (χ2n) is 12.1. The standard InChI is InChI=1S/C43H26N2O2/c1-3-11-27(12-4-1)36-26-37(45-42(44-36)28-13-5-2-6-14-28)29-19-21-40-35(25-29)43(33-17-9-10-18-39(33)47-40)32-16-8-7-15-30(32)41-31-23-24-46-38(31)22-20-34(41)43/h1-26H. The summed E-state index contributed by atoms with van der Waals surface area (Å²) < 4.78 is 12.6. The minimum atomic E-state index is -0.602. The number of furan rings is 1. The quantitative estimate of drug-likeness (QED) is 0.202. The molecule has 2 aromatic heterocycles. The van der Waals surface area contributed by atoms with Crippen LogP contribution < -0.4 is 4.74 Å². The minimum absolute atomic E-state index is 0.602. The summed E-state index contributed by atoms with van der Waals surface area (Å²) in [5, 5.41) is 1.12. The number of nitrogens with zero attached hydrogens (tertiary/aromatic N) is 2. The van der Waals surface area contributed by atoms with Crippen molar-refractivity contribution >= 4 is 11.0 Å². The van der Waals surface area contributed by atoms with E-state index in [0.717, 1.165) is 61.7 Å². The van der Waals surface area contributed by atoms with E-state index in [2.05, 4.69) is 109 Å². The van der Waals surface area contributed by atoms with Gasteiger partial charge in [-0.25, -0.2) is 9.97 Å². The van der Waals surface area contributed by atoms with Crippen molar-refractivity contribution < 1.29 is 9.15 Å². The number of aromatic nitrogens is 2. The number of fused-ring (bicyclic) bond motifs is 11. The third-order valence-corrected chi connectivity index (χ3v) is 9.66. The van der Waals surface area contributed by atoms with Crippen molar-refractivity contribution in [1.29, 1.82) is 0 Å². The van der Waals surface area contributed by atoms with Crippen LogP contribution in [-0.4, -0.2) is 9.97 Å². The van der Waals surface area contributed by atoms with Crippen LogP contribution in [0.4, 0.5) is 0 Å². The third-order valence-electron chi connectivity index (χ3n) is 9.66. The molecule has 0 fully saturated rings. The van der Waals surface area contributed by atoms with Gasteiger partial charge in [0.25, 0.3) is 0 Å². The summed E-state index contributed by atoms with van der Waals surface area (Å²) in [6.45, 7) is 0. The van der Waals surface area contributed by atoms with Gasteiger partial charge >= 0.3 is 0 Å². The molecular formula is C43H26N2O2. The van der Waals surface area contributed by atoms with E-state index in [1.807, 2.05) is 42.5 Å². The first-order valence-electron chi connectivity index (χ1n) is 15.8. The number of benzene rings is 6. The van der Waals surface area contributed by atoms with E-state index in [0.29, 0.717) is 5.82 Å². The van der Waals surface area contributed by atoms with Crippen LogP contribution in [0.15, 0.2) is 162 Å². The monoisotopic (exact) mass is 602 g/mol. The summed E-state index contributed by atoms with van der Waals surface area (Å²) in [7, 11) is 0. The van der Waals surface area contributed by atoms with Crippen molar-refractivity contribution in [2.24, 2.45) is 0 Å². The largest absolute Gasteiger partial charge is 0.464 e. The Labute approximate surface area is 271 Å². The van der Waals surface area contributed by atoms with Crippen molar-refractivity contribution in [2.75, 3.05) is 0 Å². The zero-order valence-corrected chi connectivity index (χ0v) is 25.2. The van der Waals surface area contributed by atoms with E-state index >= 15 is 0 Å². The average Bonchev–Trinajstić information content (AvgIpc) is 3.74. The molecule has 1 unspecified atom stereocenters. The van der Waals surface area contributed by atoms with Gasteiger partial charge in [-0.3, -0.25) is 0 Å². The van der Waals surface area contributed by atoms with Crippen LogP contribution in [0.5, 0.6) is 11.5 Å². The van der Waals surface area contributed by atoms with E-state index in [9.17, 15) is 0 Å². The summed E-state index contributed by atoms with van der Waals surface area (Å²) in [6.07, 6.45) is 1.78. The molecule has 0 bridgehead atoms. The van der Waals surface area contributed by atoms with Crippen LogP contribution in [0.2, 0.25) is 0 Å². The fraction of sp³-hybridized carbons (Fsp3) is 0.0233. The predicted molar refractivity (Wildman–Crippen MR) is 185 cm³/mol. The summed E-state index contributed by atoms with van der Waals surface area (Å²) >= 11 is 0. The molecule has 1 aliphatic heterocycles. The van der Waals surface area contributed by atoms with Gasteiger partial charge in [-0.1, -0.05) is 109 Å². The third kappa shape index (κ3) is 3.70. The van der Waals surface area contributed by atoms with Crippen molar-refractivity contribution in [2.45, 2.75) is 5.41 Å². The first kappa shape index (κ1) is 26.0. The van der Waals surface area contributed by atoms with Crippen molar-refractivity contribution in [3.63, 3.8) is 0 Å². The Morgan fingerprint density at radius 3 is 1.98 bits per heavy atom. The Kier molecular flexibility index (Phi) is 5.46. The second-order valence-corrected chi connectivity index (χ2v) is 12.1. The zero-order valence-electron chi connectivity index (χ0n) is 25.2. The summed E-state index contributed by atoms with van der Waals surface area (Å²) in [5.74, 6) is 2.39. The molecule has 0 N–H and O–H groups in total. The predicted octanol–water partition coefficient (Wildman–Crippen LogP) is 10.7. The molecule has 1 aliphatic carbocycles. The second kappa shape index (κ2) is 9.87. The normalized spacial score (nSPS) is 15.5. The molecule has 0 saturated heterocycles. The topological polar surface area (TPSA) is 48.2 Å². The maximum absolute atomic E-state index is 6.69. The van der Waals surface area contributed by atoms with Crippen LogP contribution in [-0.2, 0) is 5.41 Å². The number of rotatable bonds is 3. The van der Waals surface area contributed by atoms with E-state index in [1.165, 1.54) is 22.3 Å². The fourth-order valence-electron chi connectivity index (χ4n) is 7.67. The minimum Gasteiger partial charge on any atom is -0.464 e. The van der Waals surface area contributed by atoms with E-state index < -0.39 is 5.41 Å².